The third-order valence-electron chi connectivity index (χ3n) is 6.43. The van der Waals surface area contributed by atoms with E-state index in [0.717, 1.165) is 27.7 Å². The first kappa shape index (κ1) is 20.2. The van der Waals surface area contributed by atoms with Crippen LogP contribution in [0.4, 0.5) is 0 Å². The number of amides is 2. The van der Waals surface area contributed by atoms with Crippen LogP contribution in [0.15, 0.2) is 55.1 Å². The molecule has 1 aromatic heterocycles. The van der Waals surface area contributed by atoms with Crippen molar-refractivity contribution in [2.45, 2.75) is 18.5 Å². The van der Waals surface area contributed by atoms with Crippen LogP contribution < -0.4 is 9.47 Å². The van der Waals surface area contributed by atoms with Crippen LogP contribution in [0, 0.1) is 0 Å². The fourth-order valence-electron chi connectivity index (χ4n) is 5.00. The molecule has 2 aliphatic heterocycles. The number of hydrogen-bond acceptors (Lipinski definition) is 4. The molecular weight excluding hydrogens is 406 g/mol. The maximum atomic E-state index is 13.4. The van der Waals surface area contributed by atoms with E-state index in [9.17, 15) is 9.59 Å². The van der Waals surface area contributed by atoms with Crippen LogP contribution in [-0.2, 0) is 16.0 Å². The van der Waals surface area contributed by atoms with Crippen molar-refractivity contribution >= 4 is 22.7 Å². The Morgan fingerprint density at radius 3 is 2.72 bits per heavy atom. The van der Waals surface area contributed by atoms with Gasteiger partial charge in [-0.1, -0.05) is 24.3 Å². The second-order valence-electron chi connectivity index (χ2n) is 8.10. The van der Waals surface area contributed by atoms with E-state index in [-0.39, 0.29) is 18.4 Å². The Bertz CT molecular complexity index is 1230. The zero-order valence-corrected chi connectivity index (χ0v) is 18.1. The minimum absolute atomic E-state index is 0.0336. The molecule has 5 rings (SSSR count). The molecule has 0 bridgehead atoms. The predicted molar refractivity (Wildman–Crippen MR) is 121 cm³/mol. The highest BCUT2D eigenvalue weighted by molar-refractivity contribution is 5.97. The Morgan fingerprint density at radius 1 is 1.16 bits per heavy atom. The van der Waals surface area contributed by atoms with E-state index in [4.69, 9.17) is 9.47 Å². The lowest BCUT2D eigenvalue weighted by Crippen LogP contribution is -2.63. The Kier molecular flexibility index (Phi) is 4.89. The van der Waals surface area contributed by atoms with E-state index in [0.29, 0.717) is 24.5 Å². The first-order chi connectivity index (χ1) is 15.6. The number of methoxy groups -OCH3 is 2. The van der Waals surface area contributed by atoms with Crippen LogP contribution in [0.25, 0.3) is 10.9 Å². The maximum absolute atomic E-state index is 13.4. The molecule has 32 heavy (non-hydrogen) atoms. The van der Waals surface area contributed by atoms with Gasteiger partial charge in [-0.15, -0.1) is 6.58 Å². The lowest BCUT2D eigenvalue weighted by molar-refractivity contribution is -0.158. The molecule has 164 valence electrons. The summed E-state index contributed by atoms with van der Waals surface area (Å²) in [5, 5.41) is 1.07. The van der Waals surface area contributed by atoms with Crippen molar-refractivity contribution in [3.63, 3.8) is 0 Å². The van der Waals surface area contributed by atoms with Crippen molar-refractivity contribution in [1.82, 2.24) is 14.8 Å². The number of nitrogens with one attached hydrogen (secondary N) is 1. The van der Waals surface area contributed by atoms with Crippen LogP contribution >= 0.6 is 0 Å². The molecule has 0 saturated carbocycles. The molecule has 0 radical (unpaired) electrons. The number of nitrogens with zero attached hydrogens (tertiary/aromatic N) is 2. The van der Waals surface area contributed by atoms with Crippen molar-refractivity contribution < 1.29 is 19.1 Å². The van der Waals surface area contributed by atoms with Gasteiger partial charge in [0, 0.05) is 41.2 Å². The number of aromatic nitrogens is 1. The summed E-state index contributed by atoms with van der Waals surface area (Å²) in [6.45, 7) is 4.12. The average Bonchev–Trinajstić information content (AvgIpc) is 3.19. The normalized spacial score (nSPS) is 20.2. The predicted octanol–water partition coefficient (Wildman–Crippen LogP) is 3.06. The lowest BCUT2D eigenvalue weighted by Gasteiger charge is -2.47. The van der Waals surface area contributed by atoms with Gasteiger partial charge < -0.3 is 24.3 Å². The number of carbonyl (C=O) groups excluding carboxylic acids is 2. The molecular formula is C25H25N3O4. The molecule has 1 N–H and O–H groups in total. The van der Waals surface area contributed by atoms with Gasteiger partial charge in [0.25, 0.3) is 0 Å². The lowest BCUT2D eigenvalue weighted by atomic mass is 9.86. The zero-order chi connectivity index (χ0) is 22.4. The average molecular weight is 431 g/mol. The van der Waals surface area contributed by atoms with Gasteiger partial charge in [0.1, 0.15) is 30.1 Å². The molecule has 7 heteroatoms. The minimum Gasteiger partial charge on any atom is -0.497 e. The number of hydrogen-bond donors (Lipinski definition) is 1. The van der Waals surface area contributed by atoms with E-state index in [1.54, 1.807) is 30.1 Å². The smallest absolute Gasteiger partial charge is 0.246 e. The van der Waals surface area contributed by atoms with Gasteiger partial charge in [-0.25, -0.2) is 0 Å². The highest BCUT2D eigenvalue weighted by Crippen LogP contribution is 2.45. The number of carbonyl (C=O) groups is 2. The first-order valence-corrected chi connectivity index (χ1v) is 10.6. The van der Waals surface area contributed by atoms with Crippen LogP contribution in [0.3, 0.4) is 0 Å². The van der Waals surface area contributed by atoms with E-state index < -0.39 is 12.1 Å². The number of piperazine rings is 1. The Labute approximate surface area is 186 Å². The fourth-order valence-corrected chi connectivity index (χ4v) is 5.00. The van der Waals surface area contributed by atoms with Gasteiger partial charge in [-0.05, 0) is 23.8 Å². The number of ether oxygens (including phenoxy) is 2. The number of rotatable bonds is 5. The molecule has 2 unspecified atom stereocenters. The van der Waals surface area contributed by atoms with E-state index in [2.05, 4.69) is 17.6 Å². The summed E-state index contributed by atoms with van der Waals surface area (Å²) < 4.78 is 11.1. The highest BCUT2D eigenvalue weighted by atomic mass is 16.5. The highest BCUT2D eigenvalue weighted by Gasteiger charge is 2.48. The Balaban J connectivity index is 1.74. The van der Waals surface area contributed by atoms with E-state index >= 15 is 0 Å². The quantitative estimate of drug-likeness (QED) is 0.630. The summed E-state index contributed by atoms with van der Waals surface area (Å²) in [5.74, 6) is 1.11. The Morgan fingerprint density at radius 2 is 1.97 bits per heavy atom. The van der Waals surface area contributed by atoms with E-state index in [1.165, 1.54) is 0 Å². The molecule has 7 nitrogen and oxygen atoms in total. The molecule has 2 amide bonds. The number of aromatic amines is 1. The fraction of sp³-hybridized carbons (Fsp3) is 0.280. The monoisotopic (exact) mass is 431 g/mol. The van der Waals surface area contributed by atoms with E-state index in [1.807, 2.05) is 36.4 Å². The molecule has 3 aromatic rings. The number of benzene rings is 2. The number of fused-ring (bicyclic) bond motifs is 4. The third-order valence-corrected chi connectivity index (χ3v) is 6.43. The molecule has 2 atom stereocenters. The maximum Gasteiger partial charge on any atom is 0.246 e. The summed E-state index contributed by atoms with van der Waals surface area (Å²) in [7, 11) is 3.20. The molecule has 0 spiro atoms. The van der Waals surface area contributed by atoms with Crippen molar-refractivity contribution in [3.05, 3.63) is 71.9 Å². The summed E-state index contributed by atoms with van der Waals surface area (Å²) in [6.07, 6.45) is 2.12. The molecule has 0 aliphatic carbocycles. The topological polar surface area (TPSA) is 74.9 Å². The van der Waals surface area contributed by atoms with Gasteiger partial charge in [0.2, 0.25) is 11.8 Å². The summed E-state index contributed by atoms with van der Waals surface area (Å²) in [5.41, 5.74) is 3.78. The van der Waals surface area contributed by atoms with Crippen molar-refractivity contribution in [3.8, 4) is 11.5 Å². The standard InChI is InChI=1S/C25H25N3O4/c1-4-11-27-14-22(29)28-20(25(27)30)13-18-16-7-5-6-8-19(16)26-23(18)24(28)17-10-9-15(31-2)12-21(17)32-3/h4-10,12,20,24,26H,1,11,13-14H2,2-3H3. The second kappa shape index (κ2) is 7.75. The molecule has 1 saturated heterocycles. The van der Waals surface area contributed by atoms with Gasteiger partial charge in [0.15, 0.2) is 0 Å². The minimum atomic E-state index is -0.584. The van der Waals surface area contributed by atoms with Crippen LogP contribution in [-0.4, -0.2) is 59.9 Å². The van der Waals surface area contributed by atoms with Gasteiger partial charge in [-0.2, -0.15) is 0 Å². The molecule has 1 fully saturated rings. The van der Waals surface area contributed by atoms with Crippen LogP contribution in [0.2, 0.25) is 0 Å². The second-order valence-corrected chi connectivity index (χ2v) is 8.10. The van der Waals surface area contributed by atoms with Crippen molar-refractivity contribution in [2.24, 2.45) is 0 Å². The summed E-state index contributed by atoms with van der Waals surface area (Å²) in [4.78, 5) is 33.7. The van der Waals surface area contributed by atoms with Gasteiger partial charge in [0.05, 0.1) is 14.2 Å². The summed E-state index contributed by atoms with van der Waals surface area (Å²) >= 11 is 0. The SMILES string of the molecule is C=CCN1CC(=O)N2C(Cc3c([nH]c4ccccc34)C2c2ccc(OC)cc2OC)C1=O. The third kappa shape index (κ3) is 2.96. The van der Waals surface area contributed by atoms with Crippen molar-refractivity contribution in [1.29, 1.82) is 0 Å². The first-order valence-electron chi connectivity index (χ1n) is 10.6. The zero-order valence-electron chi connectivity index (χ0n) is 18.1. The Hall–Kier alpha value is -3.74. The van der Waals surface area contributed by atoms with Gasteiger partial charge in [-0.3, -0.25) is 9.59 Å². The molecule has 2 aliphatic rings. The van der Waals surface area contributed by atoms with Gasteiger partial charge >= 0.3 is 0 Å². The molecule has 3 heterocycles. The van der Waals surface area contributed by atoms with Crippen molar-refractivity contribution in [2.75, 3.05) is 27.3 Å². The van der Waals surface area contributed by atoms with Crippen LogP contribution in [0.5, 0.6) is 11.5 Å². The molecule has 2 aromatic carbocycles. The largest absolute Gasteiger partial charge is 0.497 e. The summed E-state index contributed by atoms with van der Waals surface area (Å²) in [6, 6.07) is 12.5. The number of H-pyrrole nitrogens is 1. The van der Waals surface area contributed by atoms with Crippen LogP contribution in [0.1, 0.15) is 22.9 Å². The number of para-hydroxylation sites is 1.